The number of esters is 1. The molecule has 0 aromatic heterocycles. The van der Waals surface area contributed by atoms with Gasteiger partial charge in [0, 0.05) is 19.2 Å². The summed E-state index contributed by atoms with van der Waals surface area (Å²) in [6, 6.07) is 8.67. The largest absolute Gasteiger partial charge is 0.445 e. The first-order chi connectivity index (χ1) is 13.1. The van der Waals surface area contributed by atoms with E-state index in [9.17, 15) is 14.4 Å². The molecule has 0 bridgehead atoms. The van der Waals surface area contributed by atoms with Crippen molar-refractivity contribution in [1.82, 2.24) is 10.2 Å². The molecule has 2 aliphatic rings. The van der Waals surface area contributed by atoms with Gasteiger partial charge in [-0.05, 0) is 25.3 Å². The van der Waals surface area contributed by atoms with Gasteiger partial charge in [-0.3, -0.25) is 9.69 Å². The number of hydrogen-bond donors (Lipinski definition) is 1. The Morgan fingerprint density at radius 2 is 2.07 bits per heavy atom. The van der Waals surface area contributed by atoms with Crippen molar-refractivity contribution in [3.8, 4) is 0 Å². The molecule has 27 heavy (non-hydrogen) atoms. The van der Waals surface area contributed by atoms with E-state index in [4.69, 9.17) is 14.2 Å². The number of likely N-dealkylation sites (tertiary alicyclic amines) is 1. The van der Waals surface area contributed by atoms with Gasteiger partial charge in [0.25, 0.3) is 0 Å². The fourth-order valence-corrected chi connectivity index (χ4v) is 3.05. The molecule has 1 fully saturated rings. The molecule has 1 aromatic rings. The third-order valence-corrected chi connectivity index (χ3v) is 4.33. The maximum Gasteiger partial charge on any atom is 0.410 e. The minimum Gasteiger partial charge on any atom is -0.445 e. The lowest BCUT2D eigenvalue weighted by atomic mass is 10.2. The normalized spacial score (nSPS) is 21.6. The predicted octanol–water partition coefficient (Wildman–Crippen LogP) is 1.71. The number of cyclic esters (lactones) is 1. The summed E-state index contributed by atoms with van der Waals surface area (Å²) >= 11 is 0. The zero-order valence-corrected chi connectivity index (χ0v) is 15.1. The van der Waals surface area contributed by atoms with Crippen LogP contribution < -0.4 is 5.32 Å². The number of nitrogens with one attached hydrogen (secondary N) is 1. The van der Waals surface area contributed by atoms with Gasteiger partial charge in [-0.25, -0.2) is 9.59 Å². The fraction of sp³-hybridized carbons (Fsp3) is 0.421. The molecule has 0 saturated carbocycles. The van der Waals surface area contributed by atoms with E-state index < -0.39 is 30.3 Å². The number of carbonyl (C=O) groups is 3. The molecule has 144 valence electrons. The molecule has 1 aromatic carbocycles. The van der Waals surface area contributed by atoms with E-state index in [2.05, 4.69) is 5.32 Å². The number of rotatable bonds is 6. The highest BCUT2D eigenvalue weighted by Gasteiger charge is 2.37. The minimum atomic E-state index is -0.925. The maximum atomic E-state index is 12.6. The predicted molar refractivity (Wildman–Crippen MR) is 94.1 cm³/mol. The Labute approximate surface area is 157 Å². The Balaban J connectivity index is 1.58. The molecule has 3 rings (SSSR count). The van der Waals surface area contributed by atoms with E-state index in [0.717, 1.165) is 5.56 Å². The molecule has 1 N–H and O–H groups in total. The zero-order valence-electron chi connectivity index (χ0n) is 15.1. The number of hydrogen-bond acceptors (Lipinski definition) is 6. The highest BCUT2D eigenvalue weighted by molar-refractivity contribution is 5.91. The molecular weight excluding hydrogens is 352 g/mol. The minimum absolute atomic E-state index is 0.143. The van der Waals surface area contributed by atoms with Gasteiger partial charge in [0.05, 0.1) is 5.70 Å². The Bertz CT molecular complexity index is 733. The van der Waals surface area contributed by atoms with Crippen LogP contribution in [-0.2, 0) is 30.4 Å². The van der Waals surface area contributed by atoms with Crippen LogP contribution in [-0.4, -0.2) is 48.4 Å². The van der Waals surface area contributed by atoms with Gasteiger partial charge in [0.2, 0.25) is 12.2 Å². The van der Waals surface area contributed by atoms with Crippen LogP contribution in [0.2, 0.25) is 0 Å². The van der Waals surface area contributed by atoms with Gasteiger partial charge in [-0.2, -0.15) is 0 Å². The van der Waals surface area contributed by atoms with E-state index in [1.54, 1.807) is 6.92 Å². The summed E-state index contributed by atoms with van der Waals surface area (Å²) in [5.74, 6) is -0.965. The second-order valence-electron chi connectivity index (χ2n) is 6.20. The van der Waals surface area contributed by atoms with Gasteiger partial charge in [-0.15, -0.1) is 0 Å². The lowest BCUT2D eigenvalue weighted by Gasteiger charge is -2.24. The highest BCUT2D eigenvalue weighted by Crippen LogP contribution is 2.21. The van der Waals surface area contributed by atoms with Gasteiger partial charge in [0.15, 0.2) is 0 Å². The highest BCUT2D eigenvalue weighted by atomic mass is 16.7. The molecule has 8 heteroatoms. The van der Waals surface area contributed by atoms with Crippen molar-refractivity contribution in [1.29, 1.82) is 0 Å². The van der Waals surface area contributed by atoms with Crippen LogP contribution in [0.5, 0.6) is 0 Å². The molecule has 0 radical (unpaired) electrons. The fourth-order valence-electron chi connectivity index (χ4n) is 3.05. The molecule has 2 heterocycles. The summed E-state index contributed by atoms with van der Waals surface area (Å²) in [7, 11) is 0. The Hall–Kier alpha value is -2.87. The molecule has 0 spiro atoms. The van der Waals surface area contributed by atoms with E-state index >= 15 is 0 Å². The molecule has 2 amide bonds. The number of benzene rings is 1. The number of amides is 2. The van der Waals surface area contributed by atoms with E-state index in [1.807, 2.05) is 30.3 Å². The summed E-state index contributed by atoms with van der Waals surface area (Å²) < 4.78 is 15.6. The first kappa shape index (κ1) is 18.9. The molecule has 1 unspecified atom stereocenters. The van der Waals surface area contributed by atoms with E-state index in [-0.39, 0.29) is 12.3 Å². The molecular formula is C19H22N2O6. The Morgan fingerprint density at radius 1 is 1.30 bits per heavy atom. The molecule has 8 nitrogen and oxygen atoms in total. The second kappa shape index (κ2) is 8.68. The van der Waals surface area contributed by atoms with Crippen molar-refractivity contribution in [3.63, 3.8) is 0 Å². The van der Waals surface area contributed by atoms with Crippen molar-refractivity contribution in [2.45, 2.75) is 38.7 Å². The van der Waals surface area contributed by atoms with Gasteiger partial charge in [-0.1, -0.05) is 30.3 Å². The van der Waals surface area contributed by atoms with Crippen LogP contribution in [0.4, 0.5) is 4.79 Å². The number of carbonyl (C=O) groups excluding carboxylic acids is 3. The topological polar surface area (TPSA) is 94.2 Å². The zero-order chi connectivity index (χ0) is 19.2. The lowest BCUT2D eigenvalue weighted by molar-refractivity contribution is -0.159. The van der Waals surface area contributed by atoms with Crippen LogP contribution in [0.25, 0.3) is 0 Å². The first-order valence-electron chi connectivity index (χ1n) is 8.90. The summed E-state index contributed by atoms with van der Waals surface area (Å²) in [4.78, 5) is 37.8. The smallest absolute Gasteiger partial charge is 0.410 e. The lowest BCUT2D eigenvalue weighted by Crippen LogP contribution is -2.46. The van der Waals surface area contributed by atoms with Crippen LogP contribution in [0, 0.1) is 0 Å². The van der Waals surface area contributed by atoms with E-state index in [0.29, 0.717) is 26.0 Å². The monoisotopic (exact) mass is 374 g/mol. The quantitative estimate of drug-likeness (QED) is 0.762. The Morgan fingerprint density at radius 3 is 2.81 bits per heavy atom. The first-order valence-corrected chi connectivity index (χ1v) is 8.90. The number of nitrogens with zero attached hydrogens (tertiary/aromatic N) is 1. The Kier molecular flexibility index (Phi) is 6.08. The average molecular weight is 374 g/mol. The van der Waals surface area contributed by atoms with Crippen LogP contribution in [0.1, 0.15) is 25.3 Å². The van der Waals surface area contributed by atoms with Crippen molar-refractivity contribution in [3.05, 3.63) is 47.7 Å². The molecule has 1 saturated heterocycles. The number of ether oxygens (including phenoxy) is 3. The van der Waals surface area contributed by atoms with Crippen molar-refractivity contribution >= 4 is 18.0 Å². The van der Waals surface area contributed by atoms with E-state index in [1.165, 1.54) is 11.0 Å². The summed E-state index contributed by atoms with van der Waals surface area (Å²) in [6.07, 6.45) is 0.942. The van der Waals surface area contributed by atoms with Crippen molar-refractivity contribution in [2.75, 3.05) is 13.2 Å². The summed E-state index contributed by atoms with van der Waals surface area (Å²) in [6.45, 7) is 2.67. The average Bonchev–Trinajstić information content (AvgIpc) is 3.28. The third-order valence-electron chi connectivity index (χ3n) is 4.33. The second-order valence-corrected chi connectivity index (χ2v) is 6.20. The summed E-state index contributed by atoms with van der Waals surface area (Å²) in [5, 5.41) is 2.65. The van der Waals surface area contributed by atoms with Crippen LogP contribution in [0.15, 0.2) is 42.1 Å². The van der Waals surface area contributed by atoms with Crippen LogP contribution in [0.3, 0.4) is 0 Å². The molecule has 2 atom stereocenters. The molecule has 2 aliphatic heterocycles. The SMILES string of the molecule is CCO[C@@H]1OC(=O)C=C1NC(=O)C1CCCN1C(=O)OCc1ccccc1. The van der Waals surface area contributed by atoms with Gasteiger partial charge < -0.3 is 19.5 Å². The summed E-state index contributed by atoms with van der Waals surface area (Å²) in [5.41, 5.74) is 1.12. The molecule has 0 aliphatic carbocycles. The van der Waals surface area contributed by atoms with Crippen molar-refractivity contribution in [2.24, 2.45) is 0 Å². The maximum absolute atomic E-state index is 12.6. The van der Waals surface area contributed by atoms with Gasteiger partial charge in [0.1, 0.15) is 12.6 Å². The third kappa shape index (κ3) is 4.65. The van der Waals surface area contributed by atoms with Crippen molar-refractivity contribution < 1.29 is 28.6 Å². The van der Waals surface area contributed by atoms with Crippen LogP contribution >= 0.6 is 0 Å². The standard InChI is InChI=1S/C19H22N2O6/c1-2-25-18-14(11-16(22)27-18)20-17(23)15-9-6-10-21(15)19(24)26-12-13-7-4-3-5-8-13/h3-5,7-8,11,15,18H,2,6,9-10,12H2,1H3,(H,20,23)/t15?,18-/m1/s1. The van der Waals surface area contributed by atoms with Gasteiger partial charge >= 0.3 is 12.1 Å².